The topological polar surface area (TPSA) is 151 Å². The molecule has 0 amide bonds. The first-order valence-electron chi connectivity index (χ1n) is 6.91. The van der Waals surface area contributed by atoms with E-state index in [0.29, 0.717) is 5.92 Å². The number of hydrazone groups is 1. The van der Waals surface area contributed by atoms with E-state index < -0.39 is 0 Å². The molecule has 8 N–H and O–H groups in total. The molecule has 8 nitrogen and oxygen atoms in total. The molecule has 0 aliphatic heterocycles. The fourth-order valence-corrected chi connectivity index (χ4v) is 3.03. The first-order valence-corrected chi connectivity index (χ1v) is 6.91. The van der Waals surface area contributed by atoms with Crippen LogP contribution in [0.15, 0.2) is 27.0 Å². The number of hydrogen-bond acceptors (Lipinski definition) is 4. The van der Waals surface area contributed by atoms with Crippen LogP contribution < -0.4 is 22.6 Å². The van der Waals surface area contributed by atoms with Crippen molar-refractivity contribution in [1.29, 1.82) is 5.41 Å². The molecular weight excluding hydrogens is 268 g/mol. The maximum absolute atomic E-state index is 7.10. The number of nitrogens with one attached hydrogen (secondary N) is 2. The van der Waals surface area contributed by atoms with Gasteiger partial charge < -0.3 is 17.2 Å². The maximum Gasteiger partial charge on any atom is 0.211 e. The van der Waals surface area contributed by atoms with Gasteiger partial charge >= 0.3 is 0 Å². The minimum absolute atomic E-state index is 0.0269. The van der Waals surface area contributed by atoms with Gasteiger partial charge in [-0.2, -0.15) is 10.2 Å². The molecular formula is C13H22N8. The maximum atomic E-state index is 7.10. The summed E-state index contributed by atoms with van der Waals surface area (Å²) in [4.78, 5) is 0. The molecule has 0 radical (unpaired) electrons. The normalized spacial score (nSPS) is 30.0. The number of nitrogens with zero attached hydrogens (tertiary/aromatic N) is 3. The molecule has 0 heterocycles. The summed E-state index contributed by atoms with van der Waals surface area (Å²) in [7, 11) is 0. The lowest BCUT2D eigenvalue weighted by Gasteiger charge is -2.34. The van der Waals surface area contributed by atoms with Crippen molar-refractivity contribution in [1.82, 2.24) is 5.43 Å². The molecule has 2 atom stereocenters. The number of allylic oxidation sites excluding steroid dienone is 2. The third-order valence-corrected chi connectivity index (χ3v) is 4.25. The molecule has 21 heavy (non-hydrogen) atoms. The zero-order valence-electron chi connectivity index (χ0n) is 12.1. The lowest BCUT2D eigenvalue weighted by Crippen LogP contribution is -2.30. The average molecular weight is 290 g/mol. The van der Waals surface area contributed by atoms with Crippen LogP contribution in [0.4, 0.5) is 0 Å². The van der Waals surface area contributed by atoms with Gasteiger partial charge in [-0.05, 0) is 37.2 Å². The quantitative estimate of drug-likeness (QED) is 0.287. The highest BCUT2D eigenvalue weighted by Crippen LogP contribution is 2.51. The fraction of sp³-hybridized carbons (Fsp3) is 0.538. The van der Waals surface area contributed by atoms with E-state index in [2.05, 4.69) is 33.7 Å². The Bertz CT molecular complexity index is 540. The van der Waals surface area contributed by atoms with Gasteiger partial charge in [0.05, 0.1) is 5.71 Å². The zero-order valence-corrected chi connectivity index (χ0v) is 12.1. The highest BCUT2D eigenvalue weighted by Gasteiger charge is 2.43. The monoisotopic (exact) mass is 290 g/mol. The van der Waals surface area contributed by atoms with Crippen molar-refractivity contribution in [2.75, 3.05) is 0 Å². The Balaban J connectivity index is 2.14. The summed E-state index contributed by atoms with van der Waals surface area (Å²) in [5, 5.41) is 18.9. The molecule has 0 saturated heterocycles. The van der Waals surface area contributed by atoms with Crippen molar-refractivity contribution in [3.8, 4) is 0 Å². The summed E-state index contributed by atoms with van der Waals surface area (Å²) in [5.41, 5.74) is 20.6. The van der Waals surface area contributed by atoms with Crippen LogP contribution in [0.2, 0.25) is 0 Å². The highest BCUT2D eigenvalue weighted by molar-refractivity contribution is 5.97. The Hall–Kier alpha value is -2.38. The molecule has 2 aliphatic carbocycles. The molecule has 0 aromatic rings. The summed E-state index contributed by atoms with van der Waals surface area (Å²) in [6.07, 6.45) is 7.81. The summed E-state index contributed by atoms with van der Waals surface area (Å²) >= 11 is 0. The van der Waals surface area contributed by atoms with Crippen LogP contribution in [0, 0.1) is 16.7 Å². The van der Waals surface area contributed by atoms with E-state index in [9.17, 15) is 0 Å². The van der Waals surface area contributed by atoms with Gasteiger partial charge in [0.2, 0.25) is 11.9 Å². The van der Waals surface area contributed by atoms with Crippen molar-refractivity contribution >= 4 is 23.8 Å². The predicted octanol–water partition coefficient (Wildman–Crippen LogP) is 0.221. The molecule has 114 valence electrons. The summed E-state index contributed by atoms with van der Waals surface area (Å²) < 4.78 is 0. The van der Waals surface area contributed by atoms with E-state index in [1.54, 1.807) is 0 Å². The molecule has 0 bridgehead atoms. The molecule has 2 rings (SSSR count). The smallest absolute Gasteiger partial charge is 0.211 e. The van der Waals surface area contributed by atoms with Crippen LogP contribution in [0.25, 0.3) is 0 Å². The van der Waals surface area contributed by atoms with Gasteiger partial charge in [-0.15, -0.1) is 5.10 Å². The van der Waals surface area contributed by atoms with Crippen LogP contribution >= 0.6 is 0 Å². The largest absolute Gasteiger partial charge is 0.369 e. The van der Waals surface area contributed by atoms with Gasteiger partial charge in [0, 0.05) is 12.1 Å². The molecule has 0 aromatic carbocycles. The molecule has 2 aliphatic rings. The number of hydrogen-bond donors (Lipinski definition) is 5. The molecule has 0 aromatic heterocycles. The molecule has 1 fully saturated rings. The van der Waals surface area contributed by atoms with E-state index in [1.807, 2.05) is 6.21 Å². The van der Waals surface area contributed by atoms with Crippen LogP contribution in [-0.2, 0) is 0 Å². The van der Waals surface area contributed by atoms with E-state index in [0.717, 1.165) is 31.4 Å². The third-order valence-electron chi connectivity index (χ3n) is 4.25. The Morgan fingerprint density at radius 1 is 1.43 bits per heavy atom. The minimum Gasteiger partial charge on any atom is -0.369 e. The van der Waals surface area contributed by atoms with Crippen molar-refractivity contribution < 1.29 is 0 Å². The van der Waals surface area contributed by atoms with Gasteiger partial charge in [0.15, 0.2) is 0 Å². The van der Waals surface area contributed by atoms with E-state index in [4.69, 9.17) is 22.6 Å². The van der Waals surface area contributed by atoms with Gasteiger partial charge in [-0.3, -0.25) is 5.41 Å². The second kappa shape index (κ2) is 5.94. The molecule has 0 unspecified atom stereocenters. The molecule has 1 saturated carbocycles. The second-order valence-electron chi connectivity index (χ2n) is 5.65. The van der Waals surface area contributed by atoms with Gasteiger partial charge in [0.1, 0.15) is 0 Å². The highest BCUT2D eigenvalue weighted by atomic mass is 15.3. The average Bonchev–Trinajstić information content (AvgIpc) is 2.73. The first kappa shape index (κ1) is 15.0. The minimum atomic E-state index is -0.152. The second-order valence-corrected chi connectivity index (χ2v) is 5.65. The number of nitrogens with two attached hydrogens (primary N) is 3. The van der Waals surface area contributed by atoms with E-state index >= 15 is 0 Å². The standard InChI is InChI=1S/C13H22N8/c1-13-5-4-10(19-21-12(16)17)6-8(13)2-3-9(13)7-18-20-11(14)15/h6-7,9H,2-5H2,1H3,(H4,14,15,20)(H4,16,17,21)/b18-7+,19-10+/t9-,13+/m1/s1. The Morgan fingerprint density at radius 2 is 2.19 bits per heavy atom. The number of rotatable bonds is 3. The van der Waals surface area contributed by atoms with Gasteiger partial charge in [0.25, 0.3) is 0 Å². The van der Waals surface area contributed by atoms with Crippen LogP contribution in [0.3, 0.4) is 0 Å². The SMILES string of the molecule is C[C@]12CC/C(=N\N=C(N)N)C=C1CC[C@@H]2/C=N/NC(=N)N. The summed E-state index contributed by atoms with van der Waals surface area (Å²) in [5.74, 6) is 0.154. The third kappa shape index (κ3) is 3.39. The van der Waals surface area contributed by atoms with Gasteiger partial charge in [-0.1, -0.05) is 12.5 Å². The van der Waals surface area contributed by atoms with Gasteiger partial charge in [-0.25, -0.2) is 5.43 Å². The predicted molar refractivity (Wildman–Crippen MR) is 84.9 cm³/mol. The van der Waals surface area contributed by atoms with Crippen LogP contribution in [0.1, 0.15) is 32.6 Å². The summed E-state index contributed by atoms with van der Waals surface area (Å²) in [6, 6.07) is 0. The molecule has 8 heteroatoms. The van der Waals surface area contributed by atoms with E-state index in [1.165, 1.54) is 5.57 Å². The van der Waals surface area contributed by atoms with Crippen molar-refractivity contribution in [2.24, 2.45) is 43.8 Å². The Labute approximate surface area is 123 Å². The first-order chi connectivity index (χ1) is 9.91. The van der Waals surface area contributed by atoms with Crippen molar-refractivity contribution in [3.05, 3.63) is 11.6 Å². The van der Waals surface area contributed by atoms with Crippen molar-refractivity contribution in [2.45, 2.75) is 32.6 Å². The lowest BCUT2D eigenvalue weighted by molar-refractivity contribution is 0.326. The Kier molecular flexibility index (Phi) is 4.25. The fourth-order valence-electron chi connectivity index (χ4n) is 3.03. The number of guanidine groups is 2. The number of fused-ring (bicyclic) bond motifs is 1. The zero-order chi connectivity index (χ0) is 15.5. The van der Waals surface area contributed by atoms with E-state index in [-0.39, 0.29) is 17.3 Å². The van der Waals surface area contributed by atoms with Crippen molar-refractivity contribution in [3.63, 3.8) is 0 Å². The summed E-state index contributed by atoms with van der Waals surface area (Å²) in [6.45, 7) is 2.24. The Morgan fingerprint density at radius 3 is 2.86 bits per heavy atom. The lowest BCUT2D eigenvalue weighted by atomic mass is 9.70. The van der Waals surface area contributed by atoms with Crippen LogP contribution in [0.5, 0.6) is 0 Å². The van der Waals surface area contributed by atoms with Crippen LogP contribution in [-0.4, -0.2) is 23.8 Å². The molecule has 0 spiro atoms.